The minimum atomic E-state index is -0.680. The summed E-state index contributed by atoms with van der Waals surface area (Å²) in [5.74, 6) is -1.55. The number of halogens is 3. The average molecular weight is 431 g/mol. The van der Waals surface area contributed by atoms with E-state index < -0.39 is 23.8 Å². The molecule has 30 heavy (non-hydrogen) atoms. The summed E-state index contributed by atoms with van der Waals surface area (Å²) in [6.45, 7) is 0. The number of hydrogen-bond acceptors (Lipinski definition) is 3. The van der Waals surface area contributed by atoms with E-state index in [4.69, 9.17) is 11.6 Å². The van der Waals surface area contributed by atoms with Crippen molar-refractivity contribution in [2.75, 3.05) is 0 Å². The third kappa shape index (κ3) is 3.13. The van der Waals surface area contributed by atoms with Gasteiger partial charge in [-0.3, -0.25) is 4.79 Å². The van der Waals surface area contributed by atoms with Crippen molar-refractivity contribution in [2.24, 2.45) is 22.4 Å². The van der Waals surface area contributed by atoms with E-state index >= 15 is 0 Å². The number of fused-ring (bicyclic) bond motifs is 1. The molecular formula is C23H21ClF2N2O2. The maximum Gasteiger partial charge on any atom is 0.246 e. The van der Waals surface area contributed by atoms with Gasteiger partial charge in [-0.25, -0.2) is 13.8 Å². The molecule has 3 aliphatic carbocycles. The molecule has 2 bridgehead atoms. The van der Waals surface area contributed by atoms with E-state index in [0.717, 1.165) is 24.5 Å². The highest BCUT2D eigenvalue weighted by molar-refractivity contribution is 6.30. The van der Waals surface area contributed by atoms with Gasteiger partial charge in [0.1, 0.15) is 11.6 Å². The van der Waals surface area contributed by atoms with Crippen LogP contribution in [0.3, 0.4) is 0 Å². The van der Waals surface area contributed by atoms with E-state index in [0.29, 0.717) is 23.4 Å². The van der Waals surface area contributed by atoms with Gasteiger partial charge in [-0.1, -0.05) is 23.7 Å². The van der Waals surface area contributed by atoms with Crippen molar-refractivity contribution in [1.82, 2.24) is 5.01 Å². The minimum absolute atomic E-state index is 0.138. The lowest BCUT2D eigenvalue weighted by atomic mass is 9.64. The molecule has 0 spiro atoms. The molecule has 0 radical (unpaired) electrons. The molecule has 6 rings (SSSR count). The molecular weight excluding hydrogens is 410 g/mol. The lowest BCUT2D eigenvalue weighted by Gasteiger charge is -2.42. The summed E-state index contributed by atoms with van der Waals surface area (Å²) in [4.78, 5) is 13.3. The molecule has 156 valence electrons. The number of carbonyl (C=O) groups is 1. The van der Waals surface area contributed by atoms with E-state index in [2.05, 4.69) is 5.10 Å². The third-order valence-electron chi connectivity index (χ3n) is 6.92. The molecule has 3 atom stereocenters. The van der Waals surface area contributed by atoms with Gasteiger partial charge in [0.05, 0.1) is 12.1 Å². The molecule has 1 heterocycles. The second-order valence-corrected chi connectivity index (χ2v) is 9.17. The zero-order valence-electron chi connectivity index (χ0n) is 16.1. The molecule has 0 saturated heterocycles. The van der Waals surface area contributed by atoms with E-state index in [1.165, 1.54) is 17.1 Å². The van der Waals surface area contributed by atoms with Crippen molar-refractivity contribution in [3.63, 3.8) is 0 Å². The lowest BCUT2D eigenvalue weighted by Crippen LogP contribution is -2.36. The van der Waals surface area contributed by atoms with E-state index in [1.807, 2.05) is 12.1 Å². The van der Waals surface area contributed by atoms with Crippen molar-refractivity contribution in [2.45, 2.75) is 37.8 Å². The van der Waals surface area contributed by atoms with E-state index in [1.54, 1.807) is 18.3 Å². The lowest BCUT2D eigenvalue weighted by molar-refractivity contribution is -0.138. The Morgan fingerprint density at radius 3 is 2.60 bits per heavy atom. The summed E-state index contributed by atoms with van der Waals surface area (Å²) in [6, 6.07) is 10.0. The molecule has 2 aromatic carbocycles. The van der Waals surface area contributed by atoms with Gasteiger partial charge in [0.25, 0.3) is 0 Å². The molecule has 1 N–H and O–H groups in total. The van der Waals surface area contributed by atoms with Crippen molar-refractivity contribution < 1.29 is 18.7 Å². The number of rotatable bonds is 4. The van der Waals surface area contributed by atoms with Gasteiger partial charge in [-0.2, -0.15) is 5.10 Å². The molecule has 3 saturated carbocycles. The van der Waals surface area contributed by atoms with Gasteiger partial charge in [0, 0.05) is 35.1 Å². The van der Waals surface area contributed by atoms with Gasteiger partial charge in [-0.05, 0) is 60.6 Å². The fraction of sp³-hybridized carbons (Fsp3) is 0.391. The molecule has 1 amide bonds. The van der Waals surface area contributed by atoms with Crippen LogP contribution in [0.5, 0.6) is 0 Å². The summed E-state index contributed by atoms with van der Waals surface area (Å²) >= 11 is 6.07. The van der Waals surface area contributed by atoms with Gasteiger partial charge >= 0.3 is 0 Å². The van der Waals surface area contributed by atoms with Crippen LogP contribution in [-0.4, -0.2) is 22.2 Å². The SMILES string of the molecule is O=C([C@H]1CC2(C(O)c3cccc(Cl)c3)CC1C2)N1N=CCC1c1cc(F)cc(F)c1. The predicted octanol–water partition coefficient (Wildman–Crippen LogP) is 5.03. The first-order chi connectivity index (χ1) is 14.4. The van der Waals surface area contributed by atoms with Gasteiger partial charge in [0.2, 0.25) is 5.91 Å². The van der Waals surface area contributed by atoms with Gasteiger partial charge in [0.15, 0.2) is 0 Å². The molecule has 2 aromatic rings. The normalized spacial score (nSPS) is 30.4. The Kier molecular flexibility index (Phi) is 4.67. The van der Waals surface area contributed by atoms with E-state index in [9.17, 15) is 18.7 Å². The Balaban J connectivity index is 1.34. The van der Waals surface area contributed by atoms with Crippen molar-refractivity contribution >= 4 is 23.7 Å². The zero-order chi connectivity index (χ0) is 21.0. The fourth-order valence-electron chi connectivity index (χ4n) is 5.53. The number of hydrogen-bond donors (Lipinski definition) is 1. The molecule has 4 nitrogen and oxygen atoms in total. The first kappa shape index (κ1) is 19.6. The molecule has 2 unspecified atom stereocenters. The Bertz CT molecular complexity index is 1020. The smallest absolute Gasteiger partial charge is 0.246 e. The number of hydrazone groups is 1. The van der Waals surface area contributed by atoms with Gasteiger partial charge in [-0.15, -0.1) is 0 Å². The van der Waals surface area contributed by atoms with Crippen LogP contribution < -0.4 is 0 Å². The Hall–Kier alpha value is -2.31. The minimum Gasteiger partial charge on any atom is -0.388 e. The monoisotopic (exact) mass is 430 g/mol. The van der Waals surface area contributed by atoms with Crippen LogP contribution >= 0.6 is 11.6 Å². The maximum atomic E-state index is 13.7. The quantitative estimate of drug-likeness (QED) is 0.739. The highest BCUT2D eigenvalue weighted by atomic mass is 35.5. The number of amides is 1. The van der Waals surface area contributed by atoms with Gasteiger partial charge < -0.3 is 5.11 Å². The second-order valence-electron chi connectivity index (χ2n) is 8.73. The number of benzene rings is 2. The van der Waals surface area contributed by atoms with Crippen LogP contribution in [0.2, 0.25) is 5.02 Å². The summed E-state index contributed by atoms with van der Waals surface area (Å²) in [5, 5.41) is 17.2. The van der Waals surface area contributed by atoms with Crippen molar-refractivity contribution in [1.29, 1.82) is 0 Å². The fourth-order valence-corrected chi connectivity index (χ4v) is 5.73. The van der Waals surface area contributed by atoms with Crippen LogP contribution in [0.15, 0.2) is 47.6 Å². The zero-order valence-corrected chi connectivity index (χ0v) is 16.9. The Morgan fingerprint density at radius 1 is 1.17 bits per heavy atom. The first-order valence-corrected chi connectivity index (χ1v) is 10.5. The van der Waals surface area contributed by atoms with Crippen LogP contribution in [0, 0.1) is 28.9 Å². The Morgan fingerprint density at radius 2 is 1.90 bits per heavy atom. The third-order valence-corrected chi connectivity index (χ3v) is 7.16. The number of carbonyl (C=O) groups excluding carboxylic acids is 1. The summed E-state index contributed by atoms with van der Waals surface area (Å²) < 4.78 is 27.4. The molecule has 4 aliphatic rings. The summed E-state index contributed by atoms with van der Waals surface area (Å²) in [5.41, 5.74) is 0.832. The van der Waals surface area contributed by atoms with Crippen molar-refractivity contribution in [3.8, 4) is 0 Å². The van der Waals surface area contributed by atoms with E-state index in [-0.39, 0.29) is 23.2 Å². The topological polar surface area (TPSA) is 52.9 Å². The van der Waals surface area contributed by atoms with Crippen LogP contribution in [0.4, 0.5) is 8.78 Å². The Labute approximate surface area is 178 Å². The summed E-state index contributed by atoms with van der Waals surface area (Å²) in [6.07, 6.45) is 3.46. The highest BCUT2D eigenvalue weighted by Crippen LogP contribution is 2.67. The highest BCUT2D eigenvalue weighted by Gasteiger charge is 2.62. The number of aliphatic hydroxyl groups excluding tert-OH is 1. The number of aliphatic hydroxyl groups is 1. The van der Waals surface area contributed by atoms with Crippen LogP contribution in [-0.2, 0) is 4.79 Å². The molecule has 3 fully saturated rings. The van der Waals surface area contributed by atoms with Crippen LogP contribution in [0.25, 0.3) is 0 Å². The summed E-state index contributed by atoms with van der Waals surface area (Å²) in [7, 11) is 0. The predicted molar refractivity (Wildman–Crippen MR) is 109 cm³/mol. The second kappa shape index (κ2) is 7.13. The van der Waals surface area contributed by atoms with Crippen molar-refractivity contribution in [3.05, 3.63) is 70.2 Å². The largest absolute Gasteiger partial charge is 0.388 e. The first-order valence-electron chi connectivity index (χ1n) is 10.1. The molecule has 7 heteroatoms. The average Bonchev–Trinajstić information content (AvgIpc) is 3.39. The standard InChI is InChI=1S/C23H21ClF2N2O2/c24-16-3-1-2-13(6-16)21(29)23-10-15(11-23)19(12-23)22(30)28-20(4-5-27-28)14-7-17(25)9-18(26)8-14/h1-3,5-9,15,19-21,29H,4,10-12H2/t15?,19-,20?,21?,23?/m0/s1. The number of nitrogens with zero attached hydrogens (tertiary/aromatic N) is 2. The maximum absolute atomic E-state index is 13.7. The van der Waals surface area contributed by atoms with Crippen LogP contribution in [0.1, 0.15) is 49.0 Å². The molecule has 0 aromatic heterocycles. The molecule has 1 aliphatic heterocycles.